The molecule has 1 aromatic heterocycles. The summed E-state index contributed by atoms with van der Waals surface area (Å²) in [5.41, 5.74) is 1.43. The number of aryl methyl sites for hydroxylation is 1. The molecular weight excluding hydrogens is 261 g/mol. The second-order valence-electron chi connectivity index (χ2n) is 4.64. The van der Waals surface area contributed by atoms with Crippen LogP contribution in [0, 0.1) is 19.7 Å². The SMILES string of the molecule is Cc1cc(=O)n(Cc2ccc(F)cc2)c(C)c1C(=O)O. The highest BCUT2D eigenvalue weighted by molar-refractivity contribution is 5.90. The number of hydrogen-bond acceptors (Lipinski definition) is 2. The lowest BCUT2D eigenvalue weighted by molar-refractivity contribution is 0.0694. The summed E-state index contributed by atoms with van der Waals surface area (Å²) in [6, 6.07) is 7.06. The molecule has 104 valence electrons. The van der Waals surface area contributed by atoms with E-state index in [9.17, 15) is 19.1 Å². The summed E-state index contributed by atoms with van der Waals surface area (Å²) in [4.78, 5) is 23.2. The third-order valence-corrected chi connectivity index (χ3v) is 3.23. The molecule has 20 heavy (non-hydrogen) atoms. The van der Waals surface area contributed by atoms with Gasteiger partial charge in [-0.15, -0.1) is 0 Å². The summed E-state index contributed by atoms with van der Waals surface area (Å²) in [5.74, 6) is -1.42. The van der Waals surface area contributed by atoms with Crippen LogP contribution in [0.3, 0.4) is 0 Å². The van der Waals surface area contributed by atoms with Gasteiger partial charge in [0.1, 0.15) is 5.82 Å². The van der Waals surface area contributed by atoms with Crippen molar-refractivity contribution in [3.8, 4) is 0 Å². The number of aromatic nitrogens is 1. The maximum Gasteiger partial charge on any atom is 0.337 e. The third kappa shape index (κ3) is 2.61. The smallest absolute Gasteiger partial charge is 0.337 e. The van der Waals surface area contributed by atoms with Gasteiger partial charge in [-0.1, -0.05) is 12.1 Å². The first-order chi connectivity index (χ1) is 9.40. The molecule has 1 N–H and O–H groups in total. The van der Waals surface area contributed by atoms with Crippen molar-refractivity contribution in [1.29, 1.82) is 0 Å². The highest BCUT2D eigenvalue weighted by Gasteiger charge is 2.15. The predicted octanol–water partition coefficient (Wildman–Crippen LogP) is 2.35. The average Bonchev–Trinajstić information content (AvgIpc) is 2.36. The number of rotatable bonds is 3. The summed E-state index contributed by atoms with van der Waals surface area (Å²) < 4.78 is 14.2. The van der Waals surface area contributed by atoms with Gasteiger partial charge in [-0.3, -0.25) is 4.79 Å². The highest BCUT2D eigenvalue weighted by Crippen LogP contribution is 2.13. The molecule has 2 rings (SSSR count). The zero-order valence-electron chi connectivity index (χ0n) is 11.2. The standard InChI is InChI=1S/C15H14FNO3/c1-9-7-13(18)17(10(2)14(9)15(19)20)8-11-3-5-12(16)6-4-11/h3-7H,8H2,1-2H3,(H,19,20). The molecule has 0 atom stereocenters. The monoisotopic (exact) mass is 275 g/mol. The minimum atomic E-state index is -1.06. The summed E-state index contributed by atoms with van der Waals surface area (Å²) >= 11 is 0. The quantitative estimate of drug-likeness (QED) is 0.935. The zero-order valence-corrected chi connectivity index (χ0v) is 11.2. The van der Waals surface area contributed by atoms with E-state index in [4.69, 9.17) is 0 Å². The summed E-state index contributed by atoms with van der Waals surface area (Å²) in [5, 5.41) is 9.20. The van der Waals surface area contributed by atoms with Gasteiger partial charge in [0.2, 0.25) is 0 Å². The van der Waals surface area contributed by atoms with Gasteiger partial charge in [0.15, 0.2) is 0 Å². The predicted molar refractivity (Wildman–Crippen MR) is 72.6 cm³/mol. The molecule has 0 saturated heterocycles. The van der Waals surface area contributed by atoms with E-state index in [-0.39, 0.29) is 23.5 Å². The van der Waals surface area contributed by atoms with Crippen LogP contribution in [0.1, 0.15) is 27.2 Å². The topological polar surface area (TPSA) is 59.3 Å². The van der Waals surface area contributed by atoms with Crippen LogP contribution in [-0.4, -0.2) is 15.6 Å². The molecule has 0 fully saturated rings. The number of pyridine rings is 1. The fourth-order valence-electron chi connectivity index (χ4n) is 2.21. The van der Waals surface area contributed by atoms with Crippen LogP contribution in [0.4, 0.5) is 4.39 Å². The van der Waals surface area contributed by atoms with Crippen LogP contribution >= 0.6 is 0 Å². The molecule has 0 amide bonds. The maximum absolute atomic E-state index is 12.9. The van der Waals surface area contributed by atoms with E-state index in [0.29, 0.717) is 11.3 Å². The molecule has 0 spiro atoms. The van der Waals surface area contributed by atoms with Crippen molar-refractivity contribution >= 4 is 5.97 Å². The Morgan fingerprint density at radius 2 is 1.85 bits per heavy atom. The van der Waals surface area contributed by atoms with Crippen LogP contribution in [0.2, 0.25) is 0 Å². The number of carboxylic acid groups (broad SMARTS) is 1. The molecule has 0 saturated carbocycles. The second-order valence-corrected chi connectivity index (χ2v) is 4.64. The van der Waals surface area contributed by atoms with Gasteiger partial charge in [0, 0.05) is 11.8 Å². The normalized spacial score (nSPS) is 10.6. The van der Waals surface area contributed by atoms with Gasteiger partial charge < -0.3 is 9.67 Å². The van der Waals surface area contributed by atoms with Crippen LogP contribution < -0.4 is 5.56 Å². The van der Waals surface area contributed by atoms with Crippen LogP contribution in [-0.2, 0) is 6.54 Å². The number of carbonyl (C=O) groups is 1. The van der Waals surface area contributed by atoms with Gasteiger partial charge >= 0.3 is 5.97 Å². The Balaban J connectivity index is 2.52. The zero-order chi connectivity index (χ0) is 14.9. The molecule has 0 aliphatic carbocycles. The Labute approximate surface area is 115 Å². The molecule has 0 radical (unpaired) electrons. The molecule has 4 nitrogen and oxygen atoms in total. The van der Waals surface area contributed by atoms with E-state index in [1.807, 2.05) is 0 Å². The Bertz CT molecular complexity index is 717. The fraction of sp³-hybridized carbons (Fsp3) is 0.200. The van der Waals surface area contributed by atoms with Crippen molar-refractivity contribution in [3.05, 3.63) is 68.9 Å². The first kappa shape index (κ1) is 14.0. The van der Waals surface area contributed by atoms with E-state index in [1.165, 1.54) is 22.8 Å². The molecule has 2 aromatic rings. The summed E-state index contributed by atoms with van der Waals surface area (Å²) in [6.07, 6.45) is 0. The molecule has 5 heteroatoms. The molecule has 1 heterocycles. The van der Waals surface area contributed by atoms with E-state index in [1.54, 1.807) is 26.0 Å². The third-order valence-electron chi connectivity index (χ3n) is 3.23. The average molecular weight is 275 g/mol. The van der Waals surface area contributed by atoms with Crippen LogP contribution in [0.15, 0.2) is 35.1 Å². The second kappa shape index (κ2) is 5.28. The van der Waals surface area contributed by atoms with E-state index in [2.05, 4.69) is 0 Å². The summed E-state index contributed by atoms with van der Waals surface area (Å²) in [7, 11) is 0. The Kier molecular flexibility index (Phi) is 3.70. The van der Waals surface area contributed by atoms with E-state index >= 15 is 0 Å². The highest BCUT2D eigenvalue weighted by atomic mass is 19.1. The number of halogens is 1. The van der Waals surface area contributed by atoms with Gasteiger partial charge in [0.25, 0.3) is 5.56 Å². The van der Waals surface area contributed by atoms with Gasteiger partial charge in [-0.05, 0) is 37.1 Å². The van der Waals surface area contributed by atoms with Crippen molar-refractivity contribution in [2.75, 3.05) is 0 Å². The number of nitrogens with zero attached hydrogens (tertiary/aromatic N) is 1. The molecule has 0 unspecified atom stereocenters. The minimum absolute atomic E-state index is 0.131. The maximum atomic E-state index is 12.9. The lowest BCUT2D eigenvalue weighted by Gasteiger charge is -2.14. The Morgan fingerprint density at radius 1 is 1.25 bits per heavy atom. The van der Waals surface area contributed by atoms with Gasteiger partial charge in [-0.2, -0.15) is 0 Å². The largest absolute Gasteiger partial charge is 0.478 e. The van der Waals surface area contributed by atoms with Gasteiger partial charge in [0.05, 0.1) is 12.1 Å². The summed E-state index contributed by atoms with van der Waals surface area (Å²) in [6.45, 7) is 3.41. The number of aromatic carboxylic acids is 1. The first-order valence-electron chi connectivity index (χ1n) is 6.09. The number of hydrogen-bond donors (Lipinski definition) is 1. The van der Waals surface area contributed by atoms with Crippen molar-refractivity contribution in [2.24, 2.45) is 0 Å². The first-order valence-corrected chi connectivity index (χ1v) is 6.09. The minimum Gasteiger partial charge on any atom is -0.478 e. The lowest BCUT2D eigenvalue weighted by atomic mass is 10.1. The van der Waals surface area contributed by atoms with Crippen molar-refractivity contribution < 1.29 is 14.3 Å². The van der Waals surface area contributed by atoms with Crippen LogP contribution in [0.25, 0.3) is 0 Å². The van der Waals surface area contributed by atoms with Gasteiger partial charge in [-0.25, -0.2) is 9.18 Å². The van der Waals surface area contributed by atoms with Crippen LogP contribution in [0.5, 0.6) is 0 Å². The molecule has 1 aromatic carbocycles. The van der Waals surface area contributed by atoms with Crippen molar-refractivity contribution in [2.45, 2.75) is 20.4 Å². The van der Waals surface area contributed by atoms with Crippen molar-refractivity contribution in [3.63, 3.8) is 0 Å². The molecule has 0 bridgehead atoms. The van der Waals surface area contributed by atoms with E-state index in [0.717, 1.165) is 5.56 Å². The lowest BCUT2D eigenvalue weighted by Crippen LogP contribution is -2.26. The molecule has 0 aliphatic rings. The van der Waals surface area contributed by atoms with Crippen molar-refractivity contribution in [1.82, 2.24) is 4.57 Å². The molecular formula is C15H14FNO3. The Hall–Kier alpha value is -2.43. The number of benzene rings is 1. The number of carboxylic acids is 1. The fourth-order valence-corrected chi connectivity index (χ4v) is 2.21. The van der Waals surface area contributed by atoms with E-state index < -0.39 is 5.97 Å². The molecule has 0 aliphatic heterocycles. The Morgan fingerprint density at radius 3 is 2.40 bits per heavy atom.